The van der Waals surface area contributed by atoms with Crippen molar-refractivity contribution in [1.29, 1.82) is 0 Å². The van der Waals surface area contributed by atoms with E-state index in [1.807, 2.05) is 0 Å². The molecule has 2 bridgehead atoms. The molecule has 2 aliphatic heterocycles. The fourth-order valence-corrected chi connectivity index (χ4v) is 7.37. The van der Waals surface area contributed by atoms with Crippen molar-refractivity contribution in [2.24, 2.45) is 11.8 Å². The molecule has 40 heavy (non-hydrogen) atoms. The van der Waals surface area contributed by atoms with Crippen LogP contribution in [0.2, 0.25) is 0 Å². The van der Waals surface area contributed by atoms with E-state index in [0.717, 1.165) is 0 Å². The fraction of sp³-hybridized carbons (Fsp3) is 0.324. The van der Waals surface area contributed by atoms with Crippen LogP contribution in [0.3, 0.4) is 0 Å². The van der Waals surface area contributed by atoms with Gasteiger partial charge in [-0.25, -0.2) is 0 Å². The number of piperidine rings is 2. The molecule has 2 fully saturated rings. The van der Waals surface area contributed by atoms with E-state index in [-0.39, 0.29) is 36.0 Å². The molecular formula is C37H40N2O. The Kier molecular flexibility index (Phi) is 6.98. The van der Waals surface area contributed by atoms with Crippen molar-refractivity contribution in [1.82, 2.24) is 9.80 Å². The van der Waals surface area contributed by atoms with Crippen LogP contribution in [-0.2, 0) is 4.79 Å². The summed E-state index contributed by atoms with van der Waals surface area (Å²) in [5, 5.41) is 0. The second-order valence-electron chi connectivity index (χ2n) is 12.2. The molecule has 4 atom stereocenters. The number of nitrogens with zero attached hydrogens (tertiary/aromatic N) is 2. The number of aryl methyl sites for hydroxylation is 4. The zero-order valence-corrected chi connectivity index (χ0v) is 24.5. The maximum Gasteiger partial charge on any atom is 0.146 e. The summed E-state index contributed by atoms with van der Waals surface area (Å²) in [7, 11) is 4.48. The normalized spacial score (nSPS) is 27.1. The minimum atomic E-state index is -0.186. The van der Waals surface area contributed by atoms with Gasteiger partial charge in [0.2, 0.25) is 0 Å². The van der Waals surface area contributed by atoms with Gasteiger partial charge in [-0.15, -0.1) is 0 Å². The van der Waals surface area contributed by atoms with Crippen LogP contribution in [0, 0.1) is 39.5 Å². The number of hydrogen-bond acceptors (Lipinski definition) is 3. The third-order valence-corrected chi connectivity index (χ3v) is 9.45. The lowest BCUT2D eigenvalue weighted by molar-refractivity contribution is -0.161. The van der Waals surface area contributed by atoms with Gasteiger partial charge in [0.05, 0.1) is 11.8 Å². The molecule has 2 aliphatic rings. The average molecular weight is 529 g/mol. The van der Waals surface area contributed by atoms with Crippen LogP contribution in [0.25, 0.3) is 0 Å². The molecule has 0 radical (unpaired) electrons. The first kappa shape index (κ1) is 26.7. The highest BCUT2D eigenvalue weighted by Crippen LogP contribution is 2.59. The highest BCUT2D eigenvalue weighted by atomic mass is 16.1. The molecular weight excluding hydrogens is 488 g/mol. The predicted molar refractivity (Wildman–Crippen MR) is 163 cm³/mol. The summed E-state index contributed by atoms with van der Waals surface area (Å²) in [6.07, 6.45) is 0. The zero-order chi connectivity index (χ0) is 28.1. The average Bonchev–Trinajstić information content (AvgIpc) is 2.94. The standard InChI is InChI=1S/C37H40N2O/c1-23-7-15-27(16-8-23)33-31-34(28-17-9-24(2)10-18-28)39(6)36(30-21-13-26(4)14-22-30)32(37(31)40)35(38(33)5)29-19-11-25(3)12-20-29/h7-22,31-36H,1-6H3. The van der Waals surface area contributed by atoms with Crippen LogP contribution in [0.4, 0.5) is 0 Å². The summed E-state index contributed by atoms with van der Waals surface area (Å²) in [6.45, 7) is 8.50. The third-order valence-electron chi connectivity index (χ3n) is 9.45. The second-order valence-corrected chi connectivity index (χ2v) is 12.2. The molecule has 204 valence electrons. The van der Waals surface area contributed by atoms with Gasteiger partial charge < -0.3 is 0 Å². The molecule has 2 heterocycles. The molecule has 4 aromatic rings. The molecule has 3 heteroatoms. The Morgan fingerprint density at radius 3 is 0.800 bits per heavy atom. The van der Waals surface area contributed by atoms with E-state index in [4.69, 9.17) is 0 Å². The van der Waals surface area contributed by atoms with E-state index < -0.39 is 0 Å². The van der Waals surface area contributed by atoms with Crippen molar-refractivity contribution < 1.29 is 4.79 Å². The van der Waals surface area contributed by atoms with Gasteiger partial charge in [0, 0.05) is 24.2 Å². The smallest absolute Gasteiger partial charge is 0.146 e. The molecule has 0 N–H and O–H groups in total. The first-order chi connectivity index (χ1) is 19.2. The molecule has 4 aromatic carbocycles. The number of Topliss-reactive ketones (excluding diaryl/α,β-unsaturated/α-hetero) is 1. The Bertz CT molecular complexity index is 1270. The maximum atomic E-state index is 15.0. The van der Waals surface area contributed by atoms with E-state index in [9.17, 15) is 0 Å². The largest absolute Gasteiger partial charge is 0.299 e. The van der Waals surface area contributed by atoms with E-state index >= 15 is 4.79 Å². The van der Waals surface area contributed by atoms with Crippen molar-refractivity contribution in [3.05, 3.63) is 142 Å². The number of rotatable bonds is 4. The SMILES string of the molecule is Cc1ccc(C2C3C(=O)C(C(c4ccc(C)cc4)N2C)C(c2ccc(C)cc2)N(C)C3c2ccc(C)cc2)cc1. The lowest BCUT2D eigenvalue weighted by Gasteiger charge is -2.59. The topological polar surface area (TPSA) is 23.6 Å². The first-order valence-corrected chi connectivity index (χ1v) is 14.5. The number of hydrogen-bond donors (Lipinski definition) is 0. The summed E-state index contributed by atoms with van der Waals surface area (Å²) < 4.78 is 0. The first-order valence-electron chi connectivity index (χ1n) is 14.5. The molecule has 3 nitrogen and oxygen atoms in total. The van der Waals surface area contributed by atoms with Crippen molar-refractivity contribution in [2.45, 2.75) is 51.9 Å². The molecule has 0 aliphatic carbocycles. The minimum absolute atomic E-state index is 0.0385. The monoisotopic (exact) mass is 528 g/mol. The Labute approximate surface area is 239 Å². The number of carbonyl (C=O) groups is 1. The van der Waals surface area contributed by atoms with E-state index in [1.165, 1.54) is 44.5 Å². The van der Waals surface area contributed by atoms with Gasteiger partial charge in [-0.05, 0) is 64.0 Å². The van der Waals surface area contributed by atoms with Crippen LogP contribution in [0.1, 0.15) is 68.7 Å². The van der Waals surface area contributed by atoms with E-state index in [1.54, 1.807) is 0 Å². The zero-order valence-electron chi connectivity index (χ0n) is 24.5. The number of likely N-dealkylation sites (tertiary alicyclic amines) is 2. The molecule has 0 amide bonds. The number of benzene rings is 4. The molecule has 0 spiro atoms. The van der Waals surface area contributed by atoms with Gasteiger partial charge in [-0.1, -0.05) is 119 Å². The lowest BCUT2D eigenvalue weighted by Crippen LogP contribution is -2.60. The third kappa shape index (κ3) is 4.52. The van der Waals surface area contributed by atoms with Gasteiger partial charge >= 0.3 is 0 Å². The second kappa shape index (κ2) is 10.5. The summed E-state index contributed by atoms with van der Waals surface area (Å²) in [5.74, 6) is 0.00566. The Morgan fingerprint density at radius 2 is 0.600 bits per heavy atom. The van der Waals surface area contributed by atoms with Crippen LogP contribution in [0.5, 0.6) is 0 Å². The van der Waals surface area contributed by atoms with Crippen molar-refractivity contribution in [3.8, 4) is 0 Å². The maximum absolute atomic E-state index is 15.0. The summed E-state index contributed by atoms with van der Waals surface area (Å²) in [6, 6.07) is 35.2. The van der Waals surface area contributed by atoms with Gasteiger partial charge in [-0.3, -0.25) is 14.6 Å². The van der Waals surface area contributed by atoms with Gasteiger partial charge in [0.25, 0.3) is 0 Å². The minimum Gasteiger partial charge on any atom is -0.299 e. The van der Waals surface area contributed by atoms with Gasteiger partial charge in [0.1, 0.15) is 5.78 Å². The molecule has 2 saturated heterocycles. The number of carbonyl (C=O) groups excluding carboxylic acids is 1. The van der Waals surface area contributed by atoms with Crippen LogP contribution in [0.15, 0.2) is 97.1 Å². The van der Waals surface area contributed by atoms with Crippen LogP contribution < -0.4 is 0 Å². The Morgan fingerprint density at radius 1 is 0.400 bits per heavy atom. The Balaban J connectivity index is 1.58. The lowest BCUT2D eigenvalue weighted by atomic mass is 9.62. The summed E-state index contributed by atoms with van der Waals surface area (Å²) in [5.41, 5.74) is 9.77. The quantitative estimate of drug-likeness (QED) is 0.269. The molecule has 6 rings (SSSR count). The molecule has 4 unspecified atom stereocenters. The van der Waals surface area contributed by atoms with Crippen LogP contribution >= 0.6 is 0 Å². The number of fused-ring (bicyclic) bond motifs is 2. The molecule has 0 saturated carbocycles. The number of ketones is 1. The van der Waals surface area contributed by atoms with E-state index in [2.05, 4.69) is 149 Å². The van der Waals surface area contributed by atoms with Gasteiger partial charge in [-0.2, -0.15) is 0 Å². The van der Waals surface area contributed by atoms with Gasteiger partial charge in [0.15, 0.2) is 0 Å². The van der Waals surface area contributed by atoms with Crippen LogP contribution in [-0.4, -0.2) is 29.7 Å². The highest BCUT2D eigenvalue weighted by Gasteiger charge is 2.59. The van der Waals surface area contributed by atoms with Crippen molar-refractivity contribution in [3.63, 3.8) is 0 Å². The van der Waals surface area contributed by atoms with E-state index in [0.29, 0.717) is 5.78 Å². The van der Waals surface area contributed by atoms with Crippen molar-refractivity contribution in [2.75, 3.05) is 14.1 Å². The van der Waals surface area contributed by atoms with Crippen molar-refractivity contribution >= 4 is 5.78 Å². The summed E-state index contributed by atoms with van der Waals surface area (Å²) >= 11 is 0. The Hall–Kier alpha value is -3.53. The predicted octanol–water partition coefficient (Wildman–Crippen LogP) is 7.88. The molecule has 0 aromatic heterocycles. The highest BCUT2D eigenvalue weighted by molar-refractivity contribution is 5.89. The summed E-state index contributed by atoms with van der Waals surface area (Å²) in [4.78, 5) is 20.1. The fourth-order valence-electron chi connectivity index (χ4n) is 7.37.